The third-order valence-electron chi connectivity index (χ3n) is 7.35. The highest BCUT2D eigenvalue weighted by Crippen LogP contribution is 2.50. The normalized spacial score (nSPS) is 21.6. The predicted octanol–water partition coefficient (Wildman–Crippen LogP) is 2.40. The molecule has 1 aromatic heterocycles. The number of nitrogens with zero attached hydrogens (tertiary/aromatic N) is 2. The number of fused-ring (bicyclic) bond motifs is 2. The van der Waals surface area contributed by atoms with Crippen LogP contribution < -0.4 is 16.1 Å². The zero-order valence-corrected chi connectivity index (χ0v) is 23.0. The van der Waals surface area contributed by atoms with Gasteiger partial charge in [-0.2, -0.15) is 0 Å². The first-order chi connectivity index (χ1) is 19.4. The van der Waals surface area contributed by atoms with Crippen LogP contribution in [-0.4, -0.2) is 60.5 Å². The van der Waals surface area contributed by atoms with Gasteiger partial charge in [-0.1, -0.05) is 30.3 Å². The Kier molecular flexibility index (Phi) is 7.10. The summed E-state index contributed by atoms with van der Waals surface area (Å²) in [6, 6.07) is 6.34. The Morgan fingerprint density at radius 1 is 1.10 bits per heavy atom. The minimum absolute atomic E-state index is 0.106. The van der Waals surface area contributed by atoms with Crippen LogP contribution in [0, 0.1) is 11.6 Å². The number of amides is 3. The zero-order valence-electron chi connectivity index (χ0n) is 22.2. The third kappa shape index (κ3) is 4.73. The molecule has 0 unspecified atom stereocenters. The summed E-state index contributed by atoms with van der Waals surface area (Å²) in [5, 5.41) is 14.0. The molecule has 3 N–H and O–H groups in total. The molecule has 13 heteroatoms. The van der Waals surface area contributed by atoms with Gasteiger partial charge in [-0.05, 0) is 32.4 Å². The second-order valence-corrected chi connectivity index (χ2v) is 12.1. The summed E-state index contributed by atoms with van der Waals surface area (Å²) in [6.07, 6.45) is 1.22. The number of halogens is 2. The molecule has 5 rings (SSSR count). The van der Waals surface area contributed by atoms with Gasteiger partial charge in [0, 0.05) is 28.9 Å². The van der Waals surface area contributed by atoms with Crippen molar-refractivity contribution in [2.24, 2.45) is 0 Å². The number of benzene rings is 2. The number of aliphatic carboxylic acids is 1. The molecule has 0 aliphatic carbocycles. The summed E-state index contributed by atoms with van der Waals surface area (Å²) in [6.45, 7) is 5.35. The molecule has 3 heterocycles. The highest BCUT2D eigenvalue weighted by Gasteiger charge is 2.64. The van der Waals surface area contributed by atoms with E-state index in [9.17, 15) is 37.9 Å². The largest absolute Gasteiger partial charge is 0.480 e. The Morgan fingerprint density at radius 2 is 1.76 bits per heavy atom. The van der Waals surface area contributed by atoms with Crippen LogP contribution in [0.2, 0.25) is 0 Å². The van der Waals surface area contributed by atoms with E-state index in [2.05, 4.69) is 10.6 Å². The highest BCUT2D eigenvalue weighted by molar-refractivity contribution is 8.01. The van der Waals surface area contributed by atoms with Crippen LogP contribution in [-0.2, 0) is 20.9 Å². The number of aromatic nitrogens is 1. The lowest BCUT2D eigenvalue weighted by Gasteiger charge is -2.44. The highest BCUT2D eigenvalue weighted by atomic mass is 32.2. The standard InChI is InChI=1S/C28H26F2N4O6S/c1-4-33-12-15(21(35)14-10-16(29)17(30)11-18(14)33)23(36)31-19(13-8-6-5-7-9-13)24(37)32-20-25(38)34-22(27(39)40)28(2,3)41-26(20)34/h5-12,19-20,22,26H,4H2,1-3H3,(H,31,36)(H,32,37)(H,39,40)/t19-,20-,22+,26-/m1/s1. The number of nitrogens with one attached hydrogen (secondary N) is 2. The molecule has 2 aliphatic rings. The second kappa shape index (κ2) is 10.3. The number of thioether (sulfide) groups is 1. The van der Waals surface area contributed by atoms with Gasteiger partial charge in [0.25, 0.3) is 5.91 Å². The minimum atomic E-state index is -1.34. The number of carboxylic acids is 1. The van der Waals surface area contributed by atoms with Gasteiger partial charge in [-0.3, -0.25) is 19.2 Å². The first-order valence-corrected chi connectivity index (χ1v) is 13.6. The molecular weight excluding hydrogens is 558 g/mol. The molecule has 4 atom stereocenters. The number of β-lactam (4-membered cyclic amide) rings is 1. The fourth-order valence-corrected chi connectivity index (χ4v) is 6.97. The topological polar surface area (TPSA) is 138 Å². The molecular formula is C28H26F2N4O6S. The molecule has 2 aromatic carbocycles. The van der Waals surface area contributed by atoms with Crippen molar-refractivity contribution in [2.45, 2.75) is 55.6 Å². The quantitative estimate of drug-likeness (QED) is 0.363. The lowest BCUT2D eigenvalue weighted by Crippen LogP contribution is -2.71. The first-order valence-electron chi connectivity index (χ1n) is 12.8. The summed E-state index contributed by atoms with van der Waals surface area (Å²) in [7, 11) is 0. The van der Waals surface area contributed by atoms with E-state index in [1.54, 1.807) is 51.1 Å². The van der Waals surface area contributed by atoms with E-state index in [1.165, 1.54) is 27.4 Å². The van der Waals surface area contributed by atoms with Crippen molar-refractivity contribution in [3.63, 3.8) is 0 Å². The SMILES string of the molecule is CCn1cc(C(=O)N[C@@H](C(=O)N[C@@H]2C(=O)N3[C@@H]2SC(C)(C)[C@@H]3C(=O)O)c2ccccc2)c(=O)c2cc(F)c(F)cc21. The second-order valence-electron chi connectivity index (χ2n) is 10.3. The van der Waals surface area contributed by atoms with E-state index >= 15 is 0 Å². The van der Waals surface area contributed by atoms with Gasteiger partial charge in [-0.15, -0.1) is 11.8 Å². The fourth-order valence-electron chi connectivity index (χ4n) is 5.34. The van der Waals surface area contributed by atoms with Crippen molar-refractivity contribution in [3.05, 3.63) is 81.6 Å². The monoisotopic (exact) mass is 584 g/mol. The van der Waals surface area contributed by atoms with Gasteiger partial charge in [0.05, 0.1) is 5.52 Å². The number of carboxylic acid groups (broad SMARTS) is 1. The Balaban J connectivity index is 1.45. The summed E-state index contributed by atoms with van der Waals surface area (Å²) < 4.78 is 28.5. The number of carbonyl (C=O) groups excluding carboxylic acids is 3. The van der Waals surface area contributed by atoms with E-state index in [1.807, 2.05) is 0 Å². The van der Waals surface area contributed by atoms with Crippen LogP contribution in [0.3, 0.4) is 0 Å². The van der Waals surface area contributed by atoms with E-state index in [0.717, 1.165) is 12.1 Å². The maximum Gasteiger partial charge on any atom is 0.327 e. The van der Waals surface area contributed by atoms with E-state index in [-0.39, 0.29) is 23.0 Å². The zero-order chi connectivity index (χ0) is 29.8. The van der Waals surface area contributed by atoms with E-state index in [0.29, 0.717) is 5.56 Å². The molecule has 3 amide bonds. The molecule has 0 saturated carbocycles. The van der Waals surface area contributed by atoms with Gasteiger partial charge in [0.15, 0.2) is 11.6 Å². The van der Waals surface area contributed by atoms with Crippen LogP contribution in [0.1, 0.15) is 42.7 Å². The van der Waals surface area contributed by atoms with Crippen LogP contribution >= 0.6 is 11.8 Å². The molecule has 2 aliphatic heterocycles. The van der Waals surface area contributed by atoms with Crippen LogP contribution in [0.5, 0.6) is 0 Å². The third-order valence-corrected chi connectivity index (χ3v) is 8.92. The Labute approximate surface area is 236 Å². The molecule has 0 bridgehead atoms. The van der Waals surface area contributed by atoms with Gasteiger partial charge in [0.2, 0.25) is 17.2 Å². The Hall–Kier alpha value is -4.26. The molecule has 10 nitrogen and oxygen atoms in total. The number of rotatable bonds is 7. The van der Waals surface area contributed by atoms with Crippen molar-refractivity contribution in [1.82, 2.24) is 20.1 Å². The first kappa shape index (κ1) is 28.3. The summed E-state index contributed by atoms with van der Waals surface area (Å²) in [5.41, 5.74) is -0.769. The predicted molar refractivity (Wildman–Crippen MR) is 146 cm³/mol. The Morgan fingerprint density at radius 3 is 2.39 bits per heavy atom. The molecule has 2 fully saturated rings. The van der Waals surface area contributed by atoms with Gasteiger partial charge >= 0.3 is 5.97 Å². The van der Waals surface area contributed by atoms with Gasteiger partial charge in [0.1, 0.15) is 29.1 Å². The average Bonchev–Trinajstić information content (AvgIpc) is 3.19. The van der Waals surface area contributed by atoms with Crippen molar-refractivity contribution >= 4 is 46.4 Å². The maximum atomic E-state index is 14.0. The fraction of sp³-hybridized carbons (Fsp3) is 0.321. The van der Waals surface area contributed by atoms with Gasteiger partial charge < -0.3 is 25.2 Å². The number of aryl methyl sites for hydroxylation is 1. The van der Waals surface area contributed by atoms with Crippen molar-refractivity contribution < 1.29 is 33.1 Å². The van der Waals surface area contributed by atoms with Crippen molar-refractivity contribution in [3.8, 4) is 0 Å². The average molecular weight is 585 g/mol. The summed E-state index contributed by atoms with van der Waals surface area (Å²) >= 11 is 1.26. The lowest BCUT2D eigenvalue weighted by atomic mass is 9.95. The molecule has 0 radical (unpaired) electrons. The smallest absolute Gasteiger partial charge is 0.327 e. The minimum Gasteiger partial charge on any atom is -0.480 e. The molecule has 41 heavy (non-hydrogen) atoms. The molecule has 3 aromatic rings. The number of carbonyl (C=O) groups is 4. The summed E-state index contributed by atoms with van der Waals surface area (Å²) in [4.78, 5) is 66.1. The summed E-state index contributed by atoms with van der Waals surface area (Å²) in [5.74, 6) is -5.76. The van der Waals surface area contributed by atoms with Gasteiger partial charge in [-0.25, -0.2) is 13.6 Å². The number of pyridine rings is 1. The molecule has 2 saturated heterocycles. The lowest BCUT2D eigenvalue weighted by molar-refractivity contribution is -0.161. The molecule has 214 valence electrons. The van der Waals surface area contributed by atoms with E-state index in [4.69, 9.17) is 0 Å². The number of hydrogen-bond donors (Lipinski definition) is 3. The van der Waals surface area contributed by atoms with E-state index < -0.39 is 69.0 Å². The Bertz CT molecular complexity index is 1660. The maximum absolute atomic E-state index is 14.0. The van der Waals surface area contributed by atoms with Crippen LogP contribution in [0.15, 0.2) is 53.5 Å². The van der Waals surface area contributed by atoms with Crippen LogP contribution in [0.4, 0.5) is 8.78 Å². The van der Waals surface area contributed by atoms with Crippen molar-refractivity contribution in [1.29, 1.82) is 0 Å². The molecule has 0 spiro atoms. The van der Waals surface area contributed by atoms with Crippen LogP contribution in [0.25, 0.3) is 10.9 Å². The van der Waals surface area contributed by atoms with Crippen molar-refractivity contribution in [2.75, 3.05) is 0 Å². The number of hydrogen-bond acceptors (Lipinski definition) is 6.